The van der Waals surface area contributed by atoms with Crippen LogP contribution in [0.3, 0.4) is 0 Å². The molecule has 4 heteroatoms. The number of aryl methyl sites for hydroxylation is 1. The first kappa shape index (κ1) is 11.0. The predicted molar refractivity (Wildman–Crippen MR) is 69.1 cm³/mol. The van der Waals surface area contributed by atoms with Crippen LogP contribution in [0.1, 0.15) is 31.0 Å². The van der Waals surface area contributed by atoms with E-state index in [1.807, 2.05) is 0 Å². The molecular formula is C13H16N2OS. The van der Waals surface area contributed by atoms with E-state index in [0.717, 1.165) is 24.4 Å². The van der Waals surface area contributed by atoms with E-state index >= 15 is 0 Å². The molecule has 1 fully saturated rings. The van der Waals surface area contributed by atoms with Crippen molar-refractivity contribution in [2.75, 3.05) is 0 Å². The maximum Gasteiger partial charge on any atom is 0.181 e. The Kier molecular flexibility index (Phi) is 2.99. The lowest BCUT2D eigenvalue weighted by molar-refractivity contribution is 0.570. The number of oxazole rings is 1. The van der Waals surface area contributed by atoms with Gasteiger partial charge in [0.15, 0.2) is 12.2 Å². The molecule has 0 spiro atoms. The summed E-state index contributed by atoms with van der Waals surface area (Å²) in [5, 5.41) is 5.60. The highest BCUT2D eigenvalue weighted by Gasteiger charge is 2.22. The zero-order chi connectivity index (χ0) is 11.7. The van der Waals surface area contributed by atoms with Gasteiger partial charge in [0.25, 0.3) is 0 Å². The molecule has 3 nitrogen and oxygen atoms in total. The Hall–Kier alpha value is -1.13. The summed E-state index contributed by atoms with van der Waals surface area (Å²) in [4.78, 5) is 5.56. The van der Waals surface area contributed by atoms with Crippen LogP contribution in [-0.4, -0.2) is 11.0 Å². The van der Waals surface area contributed by atoms with Gasteiger partial charge in [0.05, 0.1) is 4.88 Å². The first-order chi connectivity index (χ1) is 8.38. The van der Waals surface area contributed by atoms with E-state index in [9.17, 15) is 0 Å². The summed E-state index contributed by atoms with van der Waals surface area (Å²) in [6.45, 7) is 2.99. The van der Waals surface area contributed by atoms with Gasteiger partial charge in [-0.1, -0.05) is 6.92 Å². The Labute approximate surface area is 105 Å². The fourth-order valence-electron chi connectivity index (χ4n) is 1.92. The normalized spacial score (nSPS) is 15.4. The van der Waals surface area contributed by atoms with Crippen LogP contribution >= 0.6 is 11.3 Å². The molecular weight excluding hydrogens is 232 g/mol. The Balaban J connectivity index is 1.83. The fraction of sp³-hybridized carbons (Fsp3) is 0.462. The number of thiophene rings is 1. The van der Waals surface area contributed by atoms with E-state index in [2.05, 4.69) is 28.7 Å². The number of aromatic nitrogens is 1. The van der Waals surface area contributed by atoms with Gasteiger partial charge in [0.2, 0.25) is 0 Å². The molecule has 0 unspecified atom stereocenters. The highest BCUT2D eigenvalue weighted by atomic mass is 32.1. The summed E-state index contributed by atoms with van der Waals surface area (Å²) in [5.74, 6) is 0.949. The third kappa shape index (κ3) is 2.28. The molecule has 90 valence electrons. The molecule has 0 bridgehead atoms. The maximum absolute atomic E-state index is 5.56. The van der Waals surface area contributed by atoms with E-state index < -0.39 is 0 Å². The van der Waals surface area contributed by atoms with Gasteiger partial charge in [-0.3, -0.25) is 0 Å². The first-order valence-corrected chi connectivity index (χ1v) is 6.99. The standard InChI is InChI=1S/C13H16N2OS/c1-2-9-5-6-17-13(9)12-11(15-8-16-12)7-14-10-3-4-10/h5-6,8,10,14H,2-4,7H2,1H3. The van der Waals surface area contributed by atoms with Crippen LogP contribution < -0.4 is 5.32 Å². The van der Waals surface area contributed by atoms with E-state index in [1.54, 1.807) is 17.7 Å². The number of hydrogen-bond donors (Lipinski definition) is 1. The average Bonchev–Trinajstić information content (AvgIpc) is 2.89. The lowest BCUT2D eigenvalue weighted by Crippen LogP contribution is -2.15. The second kappa shape index (κ2) is 4.63. The SMILES string of the molecule is CCc1ccsc1-c1ocnc1CNC1CC1. The molecule has 0 aromatic carbocycles. The van der Waals surface area contributed by atoms with Gasteiger partial charge >= 0.3 is 0 Å². The van der Waals surface area contributed by atoms with Crippen molar-refractivity contribution in [2.24, 2.45) is 0 Å². The smallest absolute Gasteiger partial charge is 0.181 e. The molecule has 0 atom stereocenters. The fourth-order valence-corrected chi connectivity index (χ4v) is 2.93. The van der Waals surface area contributed by atoms with Gasteiger partial charge < -0.3 is 9.73 Å². The predicted octanol–water partition coefficient (Wildman–Crippen LogP) is 3.22. The van der Waals surface area contributed by atoms with Crippen LogP contribution in [0.5, 0.6) is 0 Å². The summed E-state index contributed by atoms with van der Waals surface area (Å²) < 4.78 is 5.56. The van der Waals surface area contributed by atoms with Crippen LogP contribution in [-0.2, 0) is 13.0 Å². The first-order valence-electron chi connectivity index (χ1n) is 6.11. The quantitative estimate of drug-likeness (QED) is 0.883. The number of hydrogen-bond acceptors (Lipinski definition) is 4. The van der Waals surface area contributed by atoms with Crippen LogP contribution in [0.4, 0.5) is 0 Å². The molecule has 17 heavy (non-hydrogen) atoms. The number of nitrogens with zero attached hydrogens (tertiary/aromatic N) is 1. The zero-order valence-corrected chi connectivity index (χ0v) is 10.7. The van der Waals surface area contributed by atoms with E-state index in [1.165, 1.54) is 23.3 Å². The molecule has 1 aliphatic rings. The van der Waals surface area contributed by atoms with Crippen LogP contribution in [0.2, 0.25) is 0 Å². The summed E-state index contributed by atoms with van der Waals surface area (Å²) >= 11 is 1.73. The summed E-state index contributed by atoms with van der Waals surface area (Å²) in [6, 6.07) is 2.87. The Morgan fingerprint density at radius 3 is 3.18 bits per heavy atom. The van der Waals surface area contributed by atoms with Gasteiger partial charge in [-0.25, -0.2) is 4.98 Å². The molecule has 2 heterocycles. The minimum atomic E-state index is 0.702. The molecule has 2 aromatic rings. The van der Waals surface area contributed by atoms with Crippen molar-refractivity contribution in [1.82, 2.24) is 10.3 Å². The molecule has 0 aliphatic heterocycles. The average molecular weight is 248 g/mol. The molecule has 1 saturated carbocycles. The van der Waals surface area contributed by atoms with Gasteiger partial charge in [-0.05, 0) is 36.3 Å². The van der Waals surface area contributed by atoms with Crippen molar-refractivity contribution in [2.45, 2.75) is 38.8 Å². The van der Waals surface area contributed by atoms with Crippen molar-refractivity contribution >= 4 is 11.3 Å². The Morgan fingerprint density at radius 1 is 1.53 bits per heavy atom. The molecule has 2 aromatic heterocycles. The van der Waals surface area contributed by atoms with Crippen molar-refractivity contribution in [3.05, 3.63) is 29.1 Å². The highest BCUT2D eigenvalue weighted by molar-refractivity contribution is 7.13. The minimum absolute atomic E-state index is 0.702. The zero-order valence-electron chi connectivity index (χ0n) is 9.90. The van der Waals surface area contributed by atoms with Crippen molar-refractivity contribution in [3.8, 4) is 10.6 Å². The van der Waals surface area contributed by atoms with Crippen LogP contribution in [0, 0.1) is 0 Å². The van der Waals surface area contributed by atoms with Gasteiger partial charge in [0.1, 0.15) is 5.69 Å². The van der Waals surface area contributed by atoms with Gasteiger partial charge in [0, 0.05) is 12.6 Å². The van der Waals surface area contributed by atoms with Crippen molar-refractivity contribution in [3.63, 3.8) is 0 Å². The van der Waals surface area contributed by atoms with E-state index in [0.29, 0.717) is 6.04 Å². The lowest BCUT2D eigenvalue weighted by atomic mass is 10.1. The molecule has 0 radical (unpaired) electrons. The van der Waals surface area contributed by atoms with E-state index in [-0.39, 0.29) is 0 Å². The molecule has 1 aliphatic carbocycles. The van der Waals surface area contributed by atoms with Crippen LogP contribution in [0.25, 0.3) is 10.6 Å². The summed E-state index contributed by atoms with van der Waals surface area (Å²) in [6.07, 6.45) is 5.19. The largest absolute Gasteiger partial charge is 0.442 e. The molecule has 0 amide bonds. The monoisotopic (exact) mass is 248 g/mol. The second-order valence-electron chi connectivity index (χ2n) is 4.41. The van der Waals surface area contributed by atoms with Gasteiger partial charge in [-0.15, -0.1) is 11.3 Å². The highest BCUT2D eigenvalue weighted by Crippen LogP contribution is 2.32. The third-order valence-corrected chi connectivity index (χ3v) is 4.07. The van der Waals surface area contributed by atoms with E-state index in [4.69, 9.17) is 4.42 Å². The second-order valence-corrected chi connectivity index (χ2v) is 5.33. The third-order valence-electron chi connectivity index (χ3n) is 3.11. The van der Waals surface area contributed by atoms with Crippen molar-refractivity contribution in [1.29, 1.82) is 0 Å². The topological polar surface area (TPSA) is 38.1 Å². The summed E-state index contributed by atoms with van der Waals surface area (Å²) in [5.41, 5.74) is 2.38. The van der Waals surface area contributed by atoms with Crippen LogP contribution in [0.15, 0.2) is 22.3 Å². The van der Waals surface area contributed by atoms with Crippen molar-refractivity contribution < 1.29 is 4.42 Å². The maximum atomic E-state index is 5.56. The molecule has 0 saturated heterocycles. The Bertz CT molecular complexity index is 499. The molecule has 1 N–H and O–H groups in total. The molecule has 3 rings (SSSR count). The number of rotatable bonds is 5. The summed E-state index contributed by atoms with van der Waals surface area (Å²) in [7, 11) is 0. The van der Waals surface area contributed by atoms with Gasteiger partial charge in [-0.2, -0.15) is 0 Å². The Morgan fingerprint density at radius 2 is 2.41 bits per heavy atom. The lowest BCUT2D eigenvalue weighted by Gasteiger charge is -2.02. The number of nitrogens with one attached hydrogen (secondary N) is 1. The minimum Gasteiger partial charge on any atom is -0.442 e.